The zero-order chi connectivity index (χ0) is 34.6. The number of hydrogen-bond acceptors (Lipinski definition) is 3. The van der Waals surface area contributed by atoms with Crippen molar-refractivity contribution in [2.45, 2.75) is 19.3 Å². The SMILES string of the molecule is CC1(C)c2ccccc2-c2c1c1c3cc(N(c4ccc(-c5ccccc5)cc4)c4ccc5c(c4)sc4ccccc45)ccc3oc1c1ccccc21. The van der Waals surface area contributed by atoms with Gasteiger partial charge >= 0.3 is 0 Å². The van der Waals surface area contributed by atoms with Crippen molar-refractivity contribution >= 4 is 81.3 Å². The van der Waals surface area contributed by atoms with Crippen LogP contribution in [0, 0.1) is 0 Å². The van der Waals surface area contributed by atoms with Gasteiger partial charge in [0, 0.05) is 58.8 Å². The Morgan fingerprint density at radius 2 is 1.13 bits per heavy atom. The molecule has 0 unspecified atom stereocenters. The van der Waals surface area contributed by atoms with Crippen LogP contribution in [0.25, 0.3) is 75.1 Å². The third-order valence-corrected chi connectivity index (χ3v) is 12.4. The Kier molecular flexibility index (Phi) is 6.21. The first-order valence-electron chi connectivity index (χ1n) is 17.9. The number of nitrogens with zero attached hydrogens (tertiary/aromatic N) is 1. The largest absolute Gasteiger partial charge is 0.455 e. The van der Waals surface area contributed by atoms with E-state index in [1.165, 1.54) is 64.3 Å². The van der Waals surface area contributed by atoms with Crippen molar-refractivity contribution in [3.05, 3.63) is 175 Å². The highest BCUT2D eigenvalue weighted by atomic mass is 32.1. The molecule has 52 heavy (non-hydrogen) atoms. The molecule has 246 valence electrons. The minimum absolute atomic E-state index is 0.194. The maximum absolute atomic E-state index is 6.87. The van der Waals surface area contributed by atoms with Crippen LogP contribution in [0.1, 0.15) is 25.0 Å². The summed E-state index contributed by atoms with van der Waals surface area (Å²) in [7, 11) is 0. The first-order chi connectivity index (χ1) is 25.5. The van der Waals surface area contributed by atoms with Crippen molar-refractivity contribution in [1.29, 1.82) is 0 Å². The number of rotatable bonds is 4. The van der Waals surface area contributed by atoms with Crippen molar-refractivity contribution in [2.75, 3.05) is 4.90 Å². The second-order valence-electron chi connectivity index (χ2n) is 14.5. The summed E-state index contributed by atoms with van der Waals surface area (Å²) >= 11 is 1.86. The van der Waals surface area contributed by atoms with E-state index >= 15 is 0 Å². The van der Waals surface area contributed by atoms with Crippen molar-refractivity contribution in [2.24, 2.45) is 0 Å². The first-order valence-corrected chi connectivity index (χ1v) is 18.7. The van der Waals surface area contributed by atoms with E-state index in [0.29, 0.717) is 0 Å². The average Bonchev–Trinajstić information content (AvgIpc) is 3.83. The van der Waals surface area contributed by atoms with Gasteiger partial charge in [-0.1, -0.05) is 129 Å². The predicted octanol–water partition coefficient (Wildman–Crippen LogP) is 14.6. The van der Waals surface area contributed by atoms with Crippen LogP contribution in [0.15, 0.2) is 168 Å². The van der Waals surface area contributed by atoms with Crippen LogP contribution in [0.5, 0.6) is 0 Å². The molecule has 2 aromatic heterocycles. The monoisotopic (exact) mass is 683 g/mol. The van der Waals surface area contributed by atoms with Crippen molar-refractivity contribution in [3.8, 4) is 22.3 Å². The summed E-state index contributed by atoms with van der Waals surface area (Å²) in [4.78, 5) is 2.40. The maximum atomic E-state index is 6.87. The molecule has 11 rings (SSSR count). The van der Waals surface area contributed by atoms with Crippen molar-refractivity contribution < 1.29 is 4.42 Å². The summed E-state index contributed by atoms with van der Waals surface area (Å²) < 4.78 is 9.46. The van der Waals surface area contributed by atoms with E-state index in [1.807, 2.05) is 11.3 Å². The van der Waals surface area contributed by atoms with Gasteiger partial charge in [0.05, 0.1) is 0 Å². The fraction of sp³-hybridized carbons (Fsp3) is 0.0612. The van der Waals surface area contributed by atoms with Gasteiger partial charge in [-0.3, -0.25) is 0 Å². The van der Waals surface area contributed by atoms with Gasteiger partial charge in [-0.05, 0) is 87.3 Å². The smallest absolute Gasteiger partial charge is 0.143 e. The molecule has 0 amide bonds. The van der Waals surface area contributed by atoms with E-state index < -0.39 is 0 Å². The Morgan fingerprint density at radius 1 is 0.500 bits per heavy atom. The zero-order valence-electron chi connectivity index (χ0n) is 28.9. The summed E-state index contributed by atoms with van der Waals surface area (Å²) in [5.41, 5.74) is 12.8. The topological polar surface area (TPSA) is 16.4 Å². The third kappa shape index (κ3) is 4.17. The third-order valence-electron chi connectivity index (χ3n) is 11.2. The molecule has 0 spiro atoms. The lowest BCUT2D eigenvalue weighted by molar-refractivity contribution is 0.659. The van der Waals surface area contributed by atoms with E-state index in [0.717, 1.165) is 39.0 Å². The Morgan fingerprint density at radius 3 is 1.98 bits per heavy atom. The number of thiophene rings is 1. The zero-order valence-corrected chi connectivity index (χ0v) is 29.7. The van der Waals surface area contributed by atoms with E-state index in [9.17, 15) is 0 Å². The quantitative estimate of drug-likeness (QED) is 0.184. The van der Waals surface area contributed by atoms with Crippen LogP contribution in [0.3, 0.4) is 0 Å². The highest BCUT2D eigenvalue weighted by molar-refractivity contribution is 7.25. The number of benzene rings is 8. The number of hydrogen-bond donors (Lipinski definition) is 0. The molecule has 0 N–H and O–H groups in total. The van der Waals surface area contributed by atoms with Crippen LogP contribution in [0.4, 0.5) is 17.1 Å². The first kappa shape index (κ1) is 29.6. The van der Waals surface area contributed by atoms with Crippen LogP contribution in [-0.2, 0) is 5.41 Å². The molecule has 0 fully saturated rings. The molecule has 3 heteroatoms. The summed E-state index contributed by atoms with van der Waals surface area (Å²) in [6.07, 6.45) is 0. The van der Waals surface area contributed by atoms with Gasteiger partial charge in [0.15, 0.2) is 0 Å². The van der Waals surface area contributed by atoms with E-state index in [1.54, 1.807) is 0 Å². The second-order valence-corrected chi connectivity index (χ2v) is 15.6. The molecule has 1 aliphatic carbocycles. The van der Waals surface area contributed by atoms with Gasteiger partial charge in [-0.25, -0.2) is 0 Å². The summed E-state index contributed by atoms with van der Waals surface area (Å²) in [5, 5.41) is 7.37. The Hall–Kier alpha value is -6.16. The van der Waals surface area contributed by atoms with Crippen LogP contribution in [0.2, 0.25) is 0 Å². The maximum Gasteiger partial charge on any atom is 0.143 e. The van der Waals surface area contributed by atoms with Crippen molar-refractivity contribution in [1.82, 2.24) is 0 Å². The van der Waals surface area contributed by atoms with Gasteiger partial charge < -0.3 is 9.32 Å². The number of fused-ring (bicyclic) bond motifs is 13. The van der Waals surface area contributed by atoms with Gasteiger partial charge in [-0.2, -0.15) is 0 Å². The molecule has 0 aliphatic heterocycles. The lowest BCUT2D eigenvalue weighted by Gasteiger charge is -2.26. The normalized spacial score (nSPS) is 13.3. The molecule has 1 aliphatic rings. The molecule has 0 bridgehead atoms. The van der Waals surface area contributed by atoms with Crippen LogP contribution in [-0.4, -0.2) is 0 Å². The highest BCUT2D eigenvalue weighted by Crippen LogP contribution is 2.56. The Balaban J connectivity index is 1.17. The standard InChI is InChI=1S/C49H33NOS/c1-49(2)41-18-10-8-17-39(41)45-37-15-6-7-16-38(37)48-46(47(45)49)40-28-33(25-27-42(40)51-48)50(32-22-20-31(21-23-32)30-12-4-3-5-13-30)34-24-26-36-35-14-9-11-19-43(35)52-44(36)29-34/h3-29H,1-2H3. The van der Waals surface area contributed by atoms with Crippen LogP contribution < -0.4 is 4.90 Å². The molecule has 0 saturated carbocycles. The molecular weight excluding hydrogens is 651 g/mol. The van der Waals surface area contributed by atoms with Gasteiger partial charge in [0.1, 0.15) is 11.2 Å². The van der Waals surface area contributed by atoms with E-state index in [-0.39, 0.29) is 5.41 Å². The molecule has 0 radical (unpaired) electrons. The Bertz CT molecular complexity index is 3040. The molecule has 0 atom stereocenters. The molecule has 2 heterocycles. The summed E-state index contributed by atoms with van der Waals surface area (Å²) in [5.74, 6) is 0. The van der Waals surface area contributed by atoms with Crippen molar-refractivity contribution in [3.63, 3.8) is 0 Å². The van der Waals surface area contributed by atoms with E-state index in [2.05, 4.69) is 183 Å². The van der Waals surface area contributed by atoms with Gasteiger partial charge in [-0.15, -0.1) is 11.3 Å². The Labute approximate surface area is 305 Å². The fourth-order valence-corrected chi connectivity index (χ4v) is 9.98. The average molecular weight is 684 g/mol. The second kappa shape index (κ2) is 10.9. The van der Waals surface area contributed by atoms with Crippen LogP contribution >= 0.6 is 11.3 Å². The molecule has 0 saturated heterocycles. The lowest BCUT2D eigenvalue weighted by atomic mass is 9.79. The number of anilines is 3. The van der Waals surface area contributed by atoms with Gasteiger partial charge in [0.25, 0.3) is 0 Å². The van der Waals surface area contributed by atoms with Gasteiger partial charge in [0.2, 0.25) is 0 Å². The fourth-order valence-electron chi connectivity index (χ4n) is 8.84. The molecule has 2 nitrogen and oxygen atoms in total. The molecular formula is C49H33NOS. The highest BCUT2D eigenvalue weighted by Gasteiger charge is 2.39. The predicted molar refractivity (Wildman–Crippen MR) is 222 cm³/mol. The summed E-state index contributed by atoms with van der Waals surface area (Å²) in [6.45, 7) is 4.74. The number of furan rings is 1. The lowest BCUT2D eigenvalue weighted by Crippen LogP contribution is -2.15. The molecule has 10 aromatic rings. The molecule has 8 aromatic carbocycles. The minimum Gasteiger partial charge on any atom is -0.455 e. The summed E-state index contributed by atoms with van der Waals surface area (Å²) in [6, 6.07) is 59.6. The minimum atomic E-state index is -0.194. The van der Waals surface area contributed by atoms with E-state index in [4.69, 9.17) is 4.42 Å².